The second-order valence-corrected chi connectivity index (χ2v) is 15.3. The third-order valence-electron chi connectivity index (χ3n) is 12.1. The fourth-order valence-corrected chi connectivity index (χ4v) is 9.50. The molecule has 274 valence electrons. The van der Waals surface area contributed by atoms with E-state index in [2.05, 4.69) is 197 Å². The molecule has 0 aliphatic carbocycles. The predicted molar refractivity (Wildman–Crippen MR) is 244 cm³/mol. The van der Waals surface area contributed by atoms with Crippen molar-refractivity contribution < 1.29 is 4.42 Å². The molecule has 0 atom stereocenters. The zero-order chi connectivity index (χ0) is 38.6. The third kappa shape index (κ3) is 4.67. The molecule has 0 saturated heterocycles. The van der Waals surface area contributed by atoms with Crippen LogP contribution in [-0.2, 0) is 0 Å². The molecule has 13 aromatic rings. The summed E-state index contributed by atoms with van der Waals surface area (Å²) >= 11 is 0. The molecule has 4 heterocycles. The Balaban J connectivity index is 1.14. The van der Waals surface area contributed by atoms with Crippen molar-refractivity contribution in [3.8, 4) is 34.0 Å². The van der Waals surface area contributed by atoms with Gasteiger partial charge >= 0.3 is 0 Å². The Labute approximate surface area is 337 Å². The highest BCUT2D eigenvalue weighted by atomic mass is 16.3. The number of para-hydroxylation sites is 3. The van der Waals surface area contributed by atoms with E-state index in [0.717, 1.165) is 82.6 Å². The van der Waals surface area contributed by atoms with E-state index >= 15 is 0 Å². The highest BCUT2D eigenvalue weighted by Gasteiger charge is 2.25. The van der Waals surface area contributed by atoms with Crippen molar-refractivity contribution in [3.05, 3.63) is 194 Å². The predicted octanol–water partition coefficient (Wildman–Crippen LogP) is 14.2. The van der Waals surface area contributed by atoms with Crippen molar-refractivity contribution in [2.45, 2.75) is 0 Å². The maximum Gasteiger partial charge on any atom is 0.235 e. The average molecular weight is 753 g/mol. The second-order valence-electron chi connectivity index (χ2n) is 15.3. The molecule has 0 N–H and O–H groups in total. The maximum absolute atomic E-state index is 6.48. The first-order chi connectivity index (χ1) is 29.3. The molecule has 0 aliphatic rings. The van der Waals surface area contributed by atoms with Crippen molar-refractivity contribution in [1.82, 2.24) is 19.1 Å². The molecule has 0 amide bonds. The van der Waals surface area contributed by atoms with Crippen LogP contribution in [0.2, 0.25) is 0 Å². The normalized spacial score (nSPS) is 12.1. The van der Waals surface area contributed by atoms with Gasteiger partial charge in [-0.25, -0.2) is 9.97 Å². The van der Waals surface area contributed by atoms with E-state index in [9.17, 15) is 0 Å². The lowest BCUT2D eigenvalue weighted by molar-refractivity contribution is 0.669. The minimum Gasteiger partial charge on any atom is -0.456 e. The maximum atomic E-state index is 6.48. The van der Waals surface area contributed by atoms with Crippen molar-refractivity contribution in [1.29, 1.82) is 0 Å². The zero-order valence-electron chi connectivity index (χ0n) is 31.7. The smallest absolute Gasteiger partial charge is 0.235 e. The third-order valence-corrected chi connectivity index (χ3v) is 12.1. The van der Waals surface area contributed by atoms with Gasteiger partial charge in [-0.05, 0) is 70.4 Å². The van der Waals surface area contributed by atoms with Crippen LogP contribution in [0.4, 0.5) is 0 Å². The molecule has 5 heteroatoms. The van der Waals surface area contributed by atoms with E-state index in [4.69, 9.17) is 14.4 Å². The van der Waals surface area contributed by atoms with Crippen LogP contribution < -0.4 is 0 Å². The summed E-state index contributed by atoms with van der Waals surface area (Å²) in [5.74, 6) is 0.632. The first-order valence-electron chi connectivity index (χ1n) is 20.0. The van der Waals surface area contributed by atoms with Gasteiger partial charge in [-0.1, -0.05) is 146 Å². The van der Waals surface area contributed by atoms with E-state index in [1.807, 2.05) is 6.07 Å². The highest BCUT2D eigenvalue weighted by Crippen LogP contribution is 2.46. The summed E-state index contributed by atoms with van der Waals surface area (Å²) in [7, 11) is 0. The van der Waals surface area contributed by atoms with Crippen LogP contribution >= 0.6 is 0 Å². The van der Waals surface area contributed by atoms with E-state index in [0.29, 0.717) is 5.95 Å². The van der Waals surface area contributed by atoms with Crippen LogP contribution in [0.3, 0.4) is 0 Å². The van der Waals surface area contributed by atoms with Gasteiger partial charge in [0.2, 0.25) is 5.95 Å². The molecular formula is C54H32N4O. The lowest BCUT2D eigenvalue weighted by Gasteiger charge is -2.12. The Morgan fingerprint density at radius 1 is 0.373 bits per heavy atom. The van der Waals surface area contributed by atoms with Gasteiger partial charge in [0.15, 0.2) is 0 Å². The Hall–Kier alpha value is -8.02. The fourth-order valence-electron chi connectivity index (χ4n) is 9.50. The van der Waals surface area contributed by atoms with Gasteiger partial charge in [0.1, 0.15) is 11.2 Å². The van der Waals surface area contributed by atoms with Gasteiger partial charge in [-0.2, -0.15) is 0 Å². The van der Waals surface area contributed by atoms with Crippen molar-refractivity contribution in [2.75, 3.05) is 0 Å². The van der Waals surface area contributed by atoms with Gasteiger partial charge in [0, 0.05) is 49.0 Å². The summed E-state index contributed by atoms with van der Waals surface area (Å²) in [6, 6.07) is 68.9. The number of hydrogen-bond acceptors (Lipinski definition) is 3. The van der Waals surface area contributed by atoms with Crippen LogP contribution in [0.15, 0.2) is 199 Å². The van der Waals surface area contributed by atoms with Crippen LogP contribution in [0.25, 0.3) is 121 Å². The Morgan fingerprint density at radius 2 is 1.05 bits per heavy atom. The molecule has 4 aromatic heterocycles. The standard InChI is InChI=1S/C54H32N4O/c1-2-12-33(13-3-1)35-22-24-36(25-23-35)52-39-16-6-9-19-43(39)55-54(56-52)58-44-20-10-7-17-40(44)50-46(58)29-28-42-49-45(30-31-48-51(49)41-18-8-11-21-47(41)59-48)57(53(42)50)38-27-26-34-14-4-5-15-37(34)32-38/h1-32H. The molecule has 0 aliphatic heterocycles. The van der Waals surface area contributed by atoms with Gasteiger partial charge < -0.3 is 8.98 Å². The average Bonchev–Trinajstić information content (AvgIpc) is 3.96. The molecule has 0 spiro atoms. The number of fused-ring (bicyclic) bond motifs is 13. The fraction of sp³-hybridized carbons (Fsp3) is 0. The molecule has 5 nitrogen and oxygen atoms in total. The molecule has 0 unspecified atom stereocenters. The van der Waals surface area contributed by atoms with E-state index in [1.54, 1.807) is 0 Å². The first-order valence-corrected chi connectivity index (χ1v) is 20.0. The number of benzene rings is 9. The summed E-state index contributed by atoms with van der Waals surface area (Å²) in [4.78, 5) is 10.8. The van der Waals surface area contributed by atoms with Crippen LogP contribution in [0.1, 0.15) is 0 Å². The molecule has 59 heavy (non-hydrogen) atoms. The summed E-state index contributed by atoms with van der Waals surface area (Å²) in [6.07, 6.45) is 0. The lowest BCUT2D eigenvalue weighted by atomic mass is 10.0. The monoisotopic (exact) mass is 752 g/mol. The molecule has 0 radical (unpaired) electrons. The van der Waals surface area contributed by atoms with Crippen molar-refractivity contribution >= 4 is 87.2 Å². The van der Waals surface area contributed by atoms with Crippen LogP contribution in [0, 0.1) is 0 Å². The van der Waals surface area contributed by atoms with Crippen LogP contribution in [-0.4, -0.2) is 19.1 Å². The quantitative estimate of drug-likeness (QED) is 0.180. The number of aromatic nitrogens is 4. The summed E-state index contributed by atoms with van der Waals surface area (Å²) in [5, 5.41) is 10.3. The first kappa shape index (κ1) is 32.1. The lowest BCUT2D eigenvalue weighted by Crippen LogP contribution is -2.03. The van der Waals surface area contributed by atoms with E-state index in [1.165, 1.54) is 32.7 Å². The Kier molecular flexibility index (Phi) is 6.66. The van der Waals surface area contributed by atoms with Gasteiger partial charge in [0.05, 0.1) is 33.3 Å². The van der Waals surface area contributed by atoms with Gasteiger partial charge in [0.25, 0.3) is 0 Å². The molecule has 0 bridgehead atoms. The molecule has 13 rings (SSSR count). The number of rotatable bonds is 4. The largest absolute Gasteiger partial charge is 0.456 e. The van der Waals surface area contributed by atoms with Crippen LogP contribution in [0.5, 0.6) is 0 Å². The summed E-state index contributed by atoms with van der Waals surface area (Å²) in [6.45, 7) is 0. The molecule has 9 aromatic carbocycles. The minimum atomic E-state index is 0.632. The molecule has 0 fully saturated rings. The summed E-state index contributed by atoms with van der Waals surface area (Å²) in [5.41, 5.74) is 12.4. The Bertz CT molecular complexity index is 3830. The van der Waals surface area contributed by atoms with E-state index < -0.39 is 0 Å². The van der Waals surface area contributed by atoms with Crippen molar-refractivity contribution in [2.24, 2.45) is 0 Å². The number of hydrogen-bond donors (Lipinski definition) is 0. The SMILES string of the molecule is c1ccc(-c2ccc(-c3nc(-n4c5ccccc5c5c4ccc4c6c7c(ccc6n(-c6ccc8ccccc8c6)c45)oc4ccccc47)nc4ccccc34)cc2)cc1. The number of furan rings is 1. The highest BCUT2D eigenvalue weighted by molar-refractivity contribution is 6.33. The van der Waals surface area contributed by atoms with Crippen molar-refractivity contribution in [3.63, 3.8) is 0 Å². The minimum absolute atomic E-state index is 0.632. The van der Waals surface area contributed by atoms with Gasteiger partial charge in [-0.15, -0.1) is 0 Å². The molecule has 0 saturated carbocycles. The molecular weight excluding hydrogens is 721 g/mol. The topological polar surface area (TPSA) is 48.8 Å². The summed E-state index contributed by atoms with van der Waals surface area (Å²) < 4.78 is 11.2. The number of nitrogens with zero attached hydrogens (tertiary/aromatic N) is 4. The van der Waals surface area contributed by atoms with E-state index in [-0.39, 0.29) is 0 Å². The zero-order valence-corrected chi connectivity index (χ0v) is 31.7. The Morgan fingerprint density at radius 3 is 1.93 bits per heavy atom. The second kappa shape index (κ2) is 12.2. The van der Waals surface area contributed by atoms with Gasteiger partial charge in [-0.3, -0.25) is 4.57 Å².